The molecule has 3 aromatic rings. The summed E-state index contributed by atoms with van der Waals surface area (Å²) in [6, 6.07) is 22.4. The highest BCUT2D eigenvalue weighted by Gasteiger charge is 2.19. The van der Waals surface area contributed by atoms with Crippen LogP contribution in [-0.2, 0) is 19.6 Å². The maximum Gasteiger partial charge on any atom is 0.323 e. The Bertz CT molecular complexity index is 998. The van der Waals surface area contributed by atoms with Crippen LogP contribution in [0.1, 0.15) is 27.8 Å². The summed E-state index contributed by atoms with van der Waals surface area (Å²) >= 11 is 0. The van der Waals surface area contributed by atoms with Crippen LogP contribution in [0.4, 0.5) is 16.2 Å². The summed E-state index contributed by atoms with van der Waals surface area (Å²) in [5.74, 6) is 0. The average molecular weight is 371 g/mol. The molecule has 2 amide bonds. The van der Waals surface area contributed by atoms with Crippen molar-refractivity contribution in [3.8, 4) is 0 Å². The van der Waals surface area contributed by atoms with E-state index in [-0.39, 0.29) is 6.03 Å². The molecule has 0 unspecified atom stereocenters. The molecule has 0 bridgehead atoms. The van der Waals surface area contributed by atoms with Crippen LogP contribution >= 0.6 is 0 Å². The molecule has 0 saturated carbocycles. The van der Waals surface area contributed by atoms with Gasteiger partial charge in [0.2, 0.25) is 0 Å². The number of hydrogen-bond acceptors (Lipinski definition) is 2. The number of nitrogens with one attached hydrogen (secondary N) is 2. The van der Waals surface area contributed by atoms with Gasteiger partial charge in [-0.3, -0.25) is 4.90 Å². The van der Waals surface area contributed by atoms with Gasteiger partial charge in [-0.15, -0.1) is 0 Å². The van der Waals surface area contributed by atoms with Crippen LogP contribution in [0.5, 0.6) is 0 Å². The number of anilines is 2. The van der Waals surface area contributed by atoms with E-state index in [0.717, 1.165) is 36.6 Å². The number of fused-ring (bicyclic) bond motifs is 1. The molecule has 4 heteroatoms. The summed E-state index contributed by atoms with van der Waals surface area (Å²) in [7, 11) is 0. The zero-order valence-electron chi connectivity index (χ0n) is 16.3. The van der Waals surface area contributed by atoms with E-state index in [9.17, 15) is 4.79 Å². The van der Waals surface area contributed by atoms with Crippen molar-refractivity contribution < 1.29 is 4.79 Å². The molecule has 1 aliphatic heterocycles. The zero-order valence-corrected chi connectivity index (χ0v) is 16.3. The fraction of sp³-hybridized carbons (Fsp3) is 0.208. The van der Waals surface area contributed by atoms with E-state index in [4.69, 9.17) is 0 Å². The minimum atomic E-state index is -0.220. The Labute approximate surface area is 166 Å². The van der Waals surface area contributed by atoms with Crippen LogP contribution in [0.15, 0.2) is 66.7 Å². The second-order valence-corrected chi connectivity index (χ2v) is 7.49. The van der Waals surface area contributed by atoms with E-state index >= 15 is 0 Å². The summed E-state index contributed by atoms with van der Waals surface area (Å²) in [6.07, 6.45) is 0. The molecule has 0 aliphatic carbocycles. The van der Waals surface area contributed by atoms with Crippen molar-refractivity contribution in [1.29, 1.82) is 0 Å². The molecular weight excluding hydrogens is 346 g/mol. The van der Waals surface area contributed by atoms with Gasteiger partial charge in [0, 0.05) is 31.0 Å². The first-order chi connectivity index (χ1) is 13.6. The quantitative estimate of drug-likeness (QED) is 0.639. The number of nitrogens with zero attached hydrogens (tertiary/aromatic N) is 1. The first-order valence-corrected chi connectivity index (χ1v) is 9.60. The smallest absolute Gasteiger partial charge is 0.308 e. The summed E-state index contributed by atoms with van der Waals surface area (Å²) in [4.78, 5) is 14.8. The lowest BCUT2D eigenvalue weighted by molar-refractivity contribution is 0.262. The monoisotopic (exact) mass is 371 g/mol. The molecule has 4 rings (SSSR count). The Hall–Kier alpha value is -3.11. The number of aryl methyl sites for hydroxylation is 2. The average Bonchev–Trinajstić information content (AvgIpc) is 3.07. The SMILES string of the molecule is Cc1ccc(NC(=O)Nc2ccc3c(c2)CN(Cc2ccccc2)C3)cc1C. The van der Waals surface area contributed by atoms with E-state index in [2.05, 4.69) is 58.9 Å². The number of rotatable bonds is 4. The molecule has 0 radical (unpaired) electrons. The third kappa shape index (κ3) is 4.24. The van der Waals surface area contributed by atoms with E-state index in [1.54, 1.807) is 0 Å². The minimum absolute atomic E-state index is 0.220. The molecule has 0 fully saturated rings. The normalized spacial score (nSPS) is 13.2. The van der Waals surface area contributed by atoms with Crippen LogP contribution < -0.4 is 10.6 Å². The van der Waals surface area contributed by atoms with Crippen molar-refractivity contribution in [2.45, 2.75) is 33.5 Å². The van der Waals surface area contributed by atoms with Crippen molar-refractivity contribution in [3.63, 3.8) is 0 Å². The van der Waals surface area contributed by atoms with Crippen molar-refractivity contribution in [1.82, 2.24) is 4.90 Å². The Morgan fingerprint density at radius 1 is 0.821 bits per heavy atom. The Morgan fingerprint density at radius 3 is 2.25 bits per heavy atom. The van der Waals surface area contributed by atoms with Gasteiger partial charge >= 0.3 is 6.03 Å². The number of carbonyl (C=O) groups excluding carboxylic acids is 1. The van der Waals surface area contributed by atoms with Crippen LogP contribution in [0.25, 0.3) is 0 Å². The molecule has 0 saturated heterocycles. The fourth-order valence-corrected chi connectivity index (χ4v) is 3.61. The minimum Gasteiger partial charge on any atom is -0.308 e. The van der Waals surface area contributed by atoms with Gasteiger partial charge in [-0.2, -0.15) is 0 Å². The van der Waals surface area contributed by atoms with E-state index in [0.29, 0.717) is 0 Å². The first kappa shape index (κ1) is 18.3. The Kier molecular flexibility index (Phi) is 5.13. The maximum absolute atomic E-state index is 12.4. The summed E-state index contributed by atoms with van der Waals surface area (Å²) in [5.41, 5.74) is 7.92. The van der Waals surface area contributed by atoms with Crippen molar-refractivity contribution in [2.75, 3.05) is 10.6 Å². The molecule has 0 aromatic heterocycles. The number of urea groups is 1. The lowest BCUT2D eigenvalue weighted by Crippen LogP contribution is -2.19. The summed E-state index contributed by atoms with van der Waals surface area (Å²) < 4.78 is 0. The second kappa shape index (κ2) is 7.87. The summed E-state index contributed by atoms with van der Waals surface area (Å²) in [5, 5.41) is 5.86. The van der Waals surface area contributed by atoms with Crippen molar-refractivity contribution >= 4 is 17.4 Å². The Morgan fingerprint density at radius 2 is 1.50 bits per heavy atom. The van der Waals surface area contributed by atoms with Gasteiger partial charge in [0.05, 0.1) is 0 Å². The molecule has 3 aromatic carbocycles. The van der Waals surface area contributed by atoms with Crippen LogP contribution in [0.3, 0.4) is 0 Å². The topological polar surface area (TPSA) is 44.4 Å². The van der Waals surface area contributed by atoms with E-state index in [1.807, 2.05) is 37.3 Å². The lowest BCUT2D eigenvalue weighted by atomic mass is 10.1. The number of amides is 2. The molecule has 28 heavy (non-hydrogen) atoms. The van der Waals surface area contributed by atoms with Gasteiger partial charge < -0.3 is 10.6 Å². The van der Waals surface area contributed by atoms with Gasteiger partial charge in [0.25, 0.3) is 0 Å². The largest absolute Gasteiger partial charge is 0.323 e. The van der Waals surface area contributed by atoms with Gasteiger partial charge in [-0.1, -0.05) is 42.5 Å². The molecule has 0 spiro atoms. The van der Waals surface area contributed by atoms with Gasteiger partial charge in [0.1, 0.15) is 0 Å². The molecule has 0 atom stereocenters. The van der Waals surface area contributed by atoms with Gasteiger partial charge in [-0.25, -0.2) is 4.79 Å². The molecule has 1 heterocycles. The number of carbonyl (C=O) groups is 1. The van der Waals surface area contributed by atoms with Gasteiger partial charge in [0.15, 0.2) is 0 Å². The highest BCUT2D eigenvalue weighted by atomic mass is 16.2. The van der Waals surface area contributed by atoms with E-state index in [1.165, 1.54) is 22.3 Å². The predicted molar refractivity (Wildman–Crippen MR) is 114 cm³/mol. The van der Waals surface area contributed by atoms with Crippen LogP contribution in [0.2, 0.25) is 0 Å². The third-order valence-electron chi connectivity index (χ3n) is 5.27. The lowest BCUT2D eigenvalue weighted by Gasteiger charge is -2.14. The highest BCUT2D eigenvalue weighted by Crippen LogP contribution is 2.27. The molecule has 2 N–H and O–H groups in total. The van der Waals surface area contributed by atoms with Crippen LogP contribution in [0, 0.1) is 13.8 Å². The first-order valence-electron chi connectivity index (χ1n) is 9.60. The maximum atomic E-state index is 12.4. The second-order valence-electron chi connectivity index (χ2n) is 7.49. The highest BCUT2D eigenvalue weighted by molar-refractivity contribution is 5.99. The molecular formula is C24H25N3O. The predicted octanol–water partition coefficient (Wildman–Crippen LogP) is 5.46. The summed E-state index contributed by atoms with van der Waals surface area (Å²) in [6.45, 7) is 6.88. The van der Waals surface area contributed by atoms with E-state index < -0.39 is 0 Å². The van der Waals surface area contributed by atoms with Gasteiger partial charge in [-0.05, 0) is 65.9 Å². The number of benzene rings is 3. The molecule has 1 aliphatic rings. The fourth-order valence-electron chi connectivity index (χ4n) is 3.61. The Balaban J connectivity index is 1.38. The van der Waals surface area contributed by atoms with Crippen molar-refractivity contribution in [3.05, 3.63) is 94.5 Å². The molecule has 4 nitrogen and oxygen atoms in total. The standard InChI is InChI=1S/C24H25N3O/c1-17-8-10-22(12-18(17)2)25-24(28)26-23-11-9-20-15-27(16-21(20)13-23)14-19-6-4-3-5-7-19/h3-13H,14-16H2,1-2H3,(H2,25,26,28). The zero-order chi connectivity index (χ0) is 19.5. The van der Waals surface area contributed by atoms with Crippen LogP contribution in [-0.4, -0.2) is 10.9 Å². The number of hydrogen-bond donors (Lipinski definition) is 2. The molecule has 142 valence electrons. The third-order valence-corrected chi connectivity index (χ3v) is 5.27. The van der Waals surface area contributed by atoms with Crippen molar-refractivity contribution in [2.24, 2.45) is 0 Å².